The zero-order chi connectivity index (χ0) is 14.5. The fourth-order valence-corrected chi connectivity index (χ4v) is 1.58. The normalized spacial score (nSPS) is 11.4. The Bertz CT molecular complexity index is 452. The SMILES string of the molecule is O=C(O)c1cnc(NCCCCC(F)(F)F)c(Cl)c1. The highest BCUT2D eigenvalue weighted by Gasteiger charge is 2.25. The summed E-state index contributed by atoms with van der Waals surface area (Å²) in [5, 5.41) is 11.6. The second kappa shape index (κ2) is 6.60. The Kier molecular flexibility index (Phi) is 5.41. The standard InChI is InChI=1S/C11H12ClF3N2O2/c12-8-5-7(10(18)19)6-17-9(8)16-4-2-1-3-11(13,14)15/h5-6H,1-4H2,(H,16,17)(H,18,19). The number of carboxylic acid groups (broad SMARTS) is 1. The minimum atomic E-state index is -4.14. The van der Waals surface area contributed by atoms with Gasteiger partial charge >= 0.3 is 12.1 Å². The maximum absolute atomic E-state index is 11.9. The lowest BCUT2D eigenvalue weighted by atomic mass is 10.2. The number of hydrogen-bond donors (Lipinski definition) is 2. The fourth-order valence-electron chi connectivity index (χ4n) is 1.34. The summed E-state index contributed by atoms with van der Waals surface area (Å²) in [6.45, 7) is 0.287. The van der Waals surface area contributed by atoms with Crippen molar-refractivity contribution in [1.29, 1.82) is 0 Å². The average molecular weight is 297 g/mol. The number of anilines is 1. The van der Waals surface area contributed by atoms with Crippen LogP contribution in [0.5, 0.6) is 0 Å². The van der Waals surface area contributed by atoms with Crippen molar-refractivity contribution in [2.75, 3.05) is 11.9 Å². The molecular formula is C11H12ClF3N2O2. The minimum Gasteiger partial charge on any atom is -0.478 e. The molecule has 0 unspecified atom stereocenters. The minimum absolute atomic E-state index is 0.0152. The lowest BCUT2D eigenvalue weighted by molar-refractivity contribution is -0.135. The number of unbranched alkanes of at least 4 members (excludes halogenated alkanes) is 1. The number of nitrogens with one attached hydrogen (secondary N) is 1. The predicted octanol–water partition coefficient (Wildman–Crippen LogP) is 3.58. The highest BCUT2D eigenvalue weighted by molar-refractivity contribution is 6.33. The van der Waals surface area contributed by atoms with Crippen molar-refractivity contribution in [2.24, 2.45) is 0 Å². The summed E-state index contributed by atoms with van der Waals surface area (Å²) in [5.74, 6) is -0.884. The number of pyridine rings is 1. The van der Waals surface area contributed by atoms with Gasteiger partial charge in [-0.25, -0.2) is 9.78 Å². The van der Waals surface area contributed by atoms with Gasteiger partial charge in [-0.3, -0.25) is 0 Å². The van der Waals surface area contributed by atoms with E-state index in [1.165, 1.54) is 6.07 Å². The van der Waals surface area contributed by atoms with E-state index in [1.807, 2.05) is 0 Å². The van der Waals surface area contributed by atoms with Crippen molar-refractivity contribution in [3.8, 4) is 0 Å². The van der Waals surface area contributed by atoms with Gasteiger partial charge in [0.05, 0.1) is 10.6 Å². The van der Waals surface area contributed by atoms with E-state index in [2.05, 4.69) is 10.3 Å². The van der Waals surface area contributed by atoms with Crippen LogP contribution in [0.25, 0.3) is 0 Å². The molecule has 0 amide bonds. The van der Waals surface area contributed by atoms with Crippen LogP contribution >= 0.6 is 11.6 Å². The van der Waals surface area contributed by atoms with Gasteiger partial charge in [-0.1, -0.05) is 11.6 Å². The number of aromatic carboxylic acids is 1. The third-order valence-corrected chi connectivity index (χ3v) is 2.56. The second-order valence-corrected chi connectivity index (χ2v) is 4.27. The molecule has 19 heavy (non-hydrogen) atoms. The third kappa shape index (κ3) is 5.78. The molecule has 0 spiro atoms. The molecule has 106 valence electrons. The van der Waals surface area contributed by atoms with Gasteiger partial charge in [0, 0.05) is 19.2 Å². The van der Waals surface area contributed by atoms with Crippen molar-refractivity contribution in [3.05, 3.63) is 22.8 Å². The summed E-state index contributed by atoms with van der Waals surface area (Å²) in [6, 6.07) is 1.23. The van der Waals surface area contributed by atoms with Crippen LogP contribution in [0.4, 0.5) is 19.0 Å². The molecule has 0 fully saturated rings. The maximum Gasteiger partial charge on any atom is 0.389 e. The van der Waals surface area contributed by atoms with Crippen LogP contribution in [0, 0.1) is 0 Å². The summed E-state index contributed by atoms with van der Waals surface area (Å²) >= 11 is 5.79. The molecule has 0 aliphatic carbocycles. The van der Waals surface area contributed by atoms with Crippen LogP contribution in [0.2, 0.25) is 5.02 Å². The van der Waals surface area contributed by atoms with Gasteiger partial charge < -0.3 is 10.4 Å². The first-order valence-corrected chi connectivity index (χ1v) is 5.87. The van der Waals surface area contributed by atoms with E-state index in [1.54, 1.807) is 0 Å². The molecule has 2 N–H and O–H groups in total. The fraction of sp³-hybridized carbons (Fsp3) is 0.455. The first-order valence-electron chi connectivity index (χ1n) is 5.49. The molecule has 1 aromatic heterocycles. The van der Waals surface area contributed by atoms with Crippen LogP contribution in [-0.4, -0.2) is 28.8 Å². The van der Waals surface area contributed by atoms with Gasteiger partial charge in [-0.2, -0.15) is 13.2 Å². The molecule has 0 radical (unpaired) electrons. The number of alkyl halides is 3. The number of hydrogen-bond acceptors (Lipinski definition) is 3. The Morgan fingerprint density at radius 3 is 2.63 bits per heavy atom. The van der Waals surface area contributed by atoms with Crippen LogP contribution in [0.1, 0.15) is 29.6 Å². The molecule has 0 saturated carbocycles. The van der Waals surface area contributed by atoms with Crippen molar-refractivity contribution in [3.63, 3.8) is 0 Å². The molecular weight excluding hydrogens is 285 g/mol. The Hall–Kier alpha value is -1.50. The van der Waals surface area contributed by atoms with Gasteiger partial charge in [0.2, 0.25) is 0 Å². The zero-order valence-electron chi connectivity index (χ0n) is 9.80. The highest BCUT2D eigenvalue weighted by atomic mass is 35.5. The monoisotopic (exact) mass is 296 g/mol. The van der Waals surface area contributed by atoms with Crippen LogP contribution < -0.4 is 5.32 Å². The zero-order valence-corrected chi connectivity index (χ0v) is 10.6. The van der Waals surface area contributed by atoms with Crippen molar-refractivity contribution >= 4 is 23.4 Å². The Morgan fingerprint density at radius 2 is 2.11 bits per heavy atom. The van der Waals surface area contributed by atoms with E-state index >= 15 is 0 Å². The van der Waals surface area contributed by atoms with E-state index in [4.69, 9.17) is 16.7 Å². The number of rotatable bonds is 6. The number of nitrogens with zero attached hydrogens (tertiary/aromatic N) is 1. The number of aromatic nitrogens is 1. The largest absolute Gasteiger partial charge is 0.478 e. The topological polar surface area (TPSA) is 62.2 Å². The number of carboxylic acids is 1. The van der Waals surface area contributed by atoms with Crippen molar-refractivity contribution < 1.29 is 23.1 Å². The van der Waals surface area contributed by atoms with E-state index < -0.39 is 18.6 Å². The van der Waals surface area contributed by atoms with E-state index in [0.29, 0.717) is 6.42 Å². The molecule has 1 aromatic rings. The molecule has 1 rings (SSSR count). The quantitative estimate of drug-likeness (QED) is 0.788. The van der Waals surface area contributed by atoms with Crippen LogP contribution in [-0.2, 0) is 0 Å². The van der Waals surface area contributed by atoms with Crippen LogP contribution in [0.3, 0.4) is 0 Å². The van der Waals surface area contributed by atoms with E-state index in [0.717, 1.165) is 6.20 Å². The first-order chi connectivity index (χ1) is 8.79. The summed E-state index contributed by atoms with van der Waals surface area (Å²) < 4.78 is 35.6. The Labute approximate surface area is 112 Å². The lowest BCUT2D eigenvalue weighted by Gasteiger charge is -2.09. The van der Waals surface area contributed by atoms with Gasteiger partial charge in [0.25, 0.3) is 0 Å². The summed E-state index contributed by atoms with van der Waals surface area (Å²) in [7, 11) is 0. The number of halogens is 4. The average Bonchev–Trinajstić information content (AvgIpc) is 2.28. The van der Waals surface area contributed by atoms with Gasteiger partial charge in [0.15, 0.2) is 0 Å². The van der Waals surface area contributed by atoms with Gasteiger partial charge in [0.1, 0.15) is 5.82 Å². The Balaban J connectivity index is 2.40. The Morgan fingerprint density at radius 1 is 1.42 bits per heavy atom. The molecule has 0 aliphatic heterocycles. The smallest absolute Gasteiger partial charge is 0.389 e. The second-order valence-electron chi connectivity index (χ2n) is 3.86. The van der Waals surface area contributed by atoms with E-state index in [-0.39, 0.29) is 29.4 Å². The predicted molar refractivity (Wildman–Crippen MR) is 64.6 cm³/mol. The van der Waals surface area contributed by atoms with Gasteiger partial charge in [-0.05, 0) is 18.9 Å². The molecule has 0 aromatic carbocycles. The molecule has 8 heteroatoms. The number of carbonyl (C=O) groups is 1. The summed E-state index contributed by atoms with van der Waals surface area (Å²) in [5.41, 5.74) is -0.0485. The molecule has 1 heterocycles. The van der Waals surface area contributed by atoms with E-state index in [9.17, 15) is 18.0 Å². The van der Waals surface area contributed by atoms with Crippen molar-refractivity contribution in [2.45, 2.75) is 25.4 Å². The summed E-state index contributed by atoms with van der Waals surface area (Å²) in [6.07, 6.45) is -3.50. The maximum atomic E-state index is 11.9. The lowest BCUT2D eigenvalue weighted by Crippen LogP contribution is -2.09. The molecule has 0 aliphatic rings. The first kappa shape index (κ1) is 15.6. The highest BCUT2D eigenvalue weighted by Crippen LogP contribution is 2.23. The molecule has 0 bridgehead atoms. The van der Waals surface area contributed by atoms with Crippen molar-refractivity contribution in [1.82, 2.24) is 4.98 Å². The molecule has 4 nitrogen and oxygen atoms in total. The van der Waals surface area contributed by atoms with Crippen LogP contribution in [0.15, 0.2) is 12.3 Å². The third-order valence-electron chi connectivity index (χ3n) is 2.27. The molecule has 0 atom stereocenters. The van der Waals surface area contributed by atoms with Gasteiger partial charge in [-0.15, -0.1) is 0 Å². The molecule has 0 saturated heterocycles. The summed E-state index contributed by atoms with van der Waals surface area (Å²) in [4.78, 5) is 14.4.